The fourth-order valence-corrected chi connectivity index (χ4v) is 2.80. The Balaban J connectivity index is -0.000000323. The minimum Gasteiger partial charge on any atom is -0.358 e. The van der Waals surface area contributed by atoms with Crippen molar-refractivity contribution in [3.63, 3.8) is 0 Å². The van der Waals surface area contributed by atoms with Crippen LogP contribution in [0.3, 0.4) is 0 Å². The SMILES string of the molecule is C.C1CCCC1.C1CCCC1.[CH3-].[CH3-].[V+2].c1ccc(-c2ccccn2)nc1. The normalized spacial score (nSPS) is 13.7. The van der Waals surface area contributed by atoms with Crippen molar-refractivity contribution in [2.75, 3.05) is 0 Å². The van der Waals surface area contributed by atoms with E-state index in [0.29, 0.717) is 0 Å². The Morgan fingerprint density at radius 3 is 0.962 bits per heavy atom. The number of rotatable bonds is 1. The van der Waals surface area contributed by atoms with Gasteiger partial charge in [0.15, 0.2) is 0 Å². The molecule has 0 N–H and O–H groups in total. The van der Waals surface area contributed by atoms with Gasteiger partial charge in [0, 0.05) is 12.4 Å². The Kier molecular flexibility index (Phi) is 23.0. The first kappa shape index (κ1) is 29.6. The van der Waals surface area contributed by atoms with Gasteiger partial charge in [-0.15, -0.1) is 0 Å². The first-order valence-electron chi connectivity index (χ1n) is 8.79. The molecule has 0 saturated heterocycles. The third kappa shape index (κ3) is 13.1. The summed E-state index contributed by atoms with van der Waals surface area (Å²) in [5.41, 5.74) is 1.83. The average Bonchev–Trinajstić information content (AvgIpc) is 3.34. The Hall–Kier alpha value is -1.12. The molecule has 0 bridgehead atoms. The molecule has 0 aromatic carbocycles. The molecule has 2 nitrogen and oxygen atoms in total. The van der Waals surface area contributed by atoms with Crippen LogP contribution < -0.4 is 0 Å². The molecule has 3 heteroatoms. The maximum atomic E-state index is 4.19. The van der Waals surface area contributed by atoms with Crippen molar-refractivity contribution < 1.29 is 18.6 Å². The van der Waals surface area contributed by atoms with Crippen LogP contribution >= 0.6 is 0 Å². The van der Waals surface area contributed by atoms with Crippen LogP contribution in [0.2, 0.25) is 0 Å². The molecule has 0 spiro atoms. The summed E-state index contributed by atoms with van der Waals surface area (Å²) in [5.74, 6) is 0. The van der Waals surface area contributed by atoms with Gasteiger partial charge in [-0.1, -0.05) is 83.8 Å². The van der Waals surface area contributed by atoms with E-state index in [-0.39, 0.29) is 40.8 Å². The Bertz CT molecular complexity index is 417. The third-order valence-electron chi connectivity index (χ3n) is 4.09. The van der Waals surface area contributed by atoms with Crippen LogP contribution in [-0.2, 0) is 18.6 Å². The predicted octanol–water partition coefficient (Wildman–Crippen LogP) is 7.58. The van der Waals surface area contributed by atoms with Crippen molar-refractivity contribution in [2.45, 2.75) is 71.6 Å². The van der Waals surface area contributed by atoms with E-state index in [4.69, 9.17) is 0 Å². The second kappa shape index (κ2) is 20.2. The summed E-state index contributed by atoms with van der Waals surface area (Å²) in [6.07, 6.45) is 18.5. The Labute approximate surface area is 175 Å². The van der Waals surface area contributed by atoms with Crippen molar-refractivity contribution in [1.29, 1.82) is 0 Å². The number of pyridine rings is 2. The summed E-state index contributed by atoms with van der Waals surface area (Å²) >= 11 is 0. The number of nitrogens with zero attached hydrogens (tertiary/aromatic N) is 2. The van der Waals surface area contributed by atoms with Crippen molar-refractivity contribution in [3.05, 3.63) is 63.6 Å². The van der Waals surface area contributed by atoms with Gasteiger partial charge in [-0.05, 0) is 24.3 Å². The minimum atomic E-state index is 0. The molecule has 0 atom stereocenters. The molecule has 2 fully saturated rings. The fourth-order valence-electron chi connectivity index (χ4n) is 2.80. The number of aromatic nitrogens is 2. The molecule has 2 aliphatic rings. The molecule has 145 valence electrons. The largest absolute Gasteiger partial charge is 2.00 e. The van der Waals surface area contributed by atoms with Crippen molar-refractivity contribution in [1.82, 2.24) is 9.97 Å². The van der Waals surface area contributed by atoms with Gasteiger partial charge in [-0.3, -0.25) is 9.97 Å². The molecule has 0 aliphatic heterocycles. The average molecular weight is 394 g/mol. The molecule has 1 radical (unpaired) electrons. The first-order valence-corrected chi connectivity index (χ1v) is 8.79. The standard InChI is InChI=1S/C10H8N2.2C5H10.CH4.2CH3.V/c1-3-7-11-9(5-1)10-6-2-4-8-12-10;2*1-2-4-5-3-1;;;;/h1-8H;2*1-5H2;1H4;2*1H3;/q;;;;2*-1;+2. The van der Waals surface area contributed by atoms with Crippen molar-refractivity contribution in [2.24, 2.45) is 0 Å². The van der Waals surface area contributed by atoms with Gasteiger partial charge in [0.1, 0.15) is 0 Å². The van der Waals surface area contributed by atoms with Crippen LogP contribution in [-0.4, -0.2) is 9.97 Å². The molecule has 2 heterocycles. The number of hydrogen-bond donors (Lipinski definition) is 0. The molecule has 0 unspecified atom stereocenters. The molecule has 4 rings (SSSR count). The van der Waals surface area contributed by atoms with E-state index in [2.05, 4.69) is 9.97 Å². The monoisotopic (exact) mass is 393 g/mol. The molecule has 2 aromatic rings. The molecule has 2 aromatic heterocycles. The molecule has 2 saturated carbocycles. The first-order chi connectivity index (χ1) is 11.0. The maximum absolute atomic E-state index is 4.19. The van der Waals surface area contributed by atoms with Crippen LogP contribution in [0.1, 0.15) is 71.6 Å². The molecular formula is C23H38N2V. The summed E-state index contributed by atoms with van der Waals surface area (Å²) in [6.45, 7) is 0. The minimum absolute atomic E-state index is 0. The zero-order chi connectivity index (χ0) is 15.3. The van der Waals surface area contributed by atoms with Gasteiger partial charge in [0.25, 0.3) is 0 Å². The summed E-state index contributed by atoms with van der Waals surface area (Å²) in [7, 11) is 0. The molecule has 2 aliphatic carbocycles. The second-order valence-corrected chi connectivity index (χ2v) is 5.97. The third-order valence-corrected chi connectivity index (χ3v) is 4.09. The van der Waals surface area contributed by atoms with Gasteiger partial charge >= 0.3 is 18.6 Å². The van der Waals surface area contributed by atoms with Crippen LogP contribution in [0, 0.1) is 14.9 Å². The summed E-state index contributed by atoms with van der Waals surface area (Å²) in [4.78, 5) is 8.37. The van der Waals surface area contributed by atoms with Gasteiger partial charge < -0.3 is 14.9 Å². The summed E-state index contributed by atoms with van der Waals surface area (Å²) in [5, 5.41) is 0. The maximum Gasteiger partial charge on any atom is 2.00 e. The summed E-state index contributed by atoms with van der Waals surface area (Å²) < 4.78 is 0. The van der Waals surface area contributed by atoms with Gasteiger partial charge in [-0.2, -0.15) is 0 Å². The van der Waals surface area contributed by atoms with E-state index in [1.54, 1.807) is 12.4 Å². The molecular weight excluding hydrogens is 355 g/mol. The van der Waals surface area contributed by atoms with Crippen molar-refractivity contribution >= 4 is 0 Å². The van der Waals surface area contributed by atoms with Crippen LogP contribution in [0.4, 0.5) is 0 Å². The van der Waals surface area contributed by atoms with E-state index in [9.17, 15) is 0 Å². The van der Waals surface area contributed by atoms with E-state index >= 15 is 0 Å². The van der Waals surface area contributed by atoms with Gasteiger partial charge in [0.2, 0.25) is 0 Å². The fraction of sp³-hybridized carbons (Fsp3) is 0.478. The van der Waals surface area contributed by atoms with Gasteiger partial charge in [0.05, 0.1) is 11.4 Å². The van der Waals surface area contributed by atoms with Crippen molar-refractivity contribution in [3.8, 4) is 11.4 Å². The smallest absolute Gasteiger partial charge is 0.358 e. The Morgan fingerprint density at radius 1 is 0.500 bits per heavy atom. The van der Waals surface area contributed by atoms with E-state index < -0.39 is 0 Å². The van der Waals surface area contributed by atoms with Crippen LogP contribution in [0.15, 0.2) is 48.8 Å². The topological polar surface area (TPSA) is 25.8 Å². The van der Waals surface area contributed by atoms with E-state index in [0.717, 1.165) is 11.4 Å². The summed E-state index contributed by atoms with van der Waals surface area (Å²) in [6, 6.07) is 11.6. The van der Waals surface area contributed by atoms with Gasteiger partial charge in [-0.25, -0.2) is 0 Å². The zero-order valence-corrected chi connectivity index (χ0v) is 17.4. The molecule has 0 amide bonds. The molecule has 26 heavy (non-hydrogen) atoms. The predicted molar refractivity (Wildman–Crippen MR) is 113 cm³/mol. The second-order valence-electron chi connectivity index (χ2n) is 5.97. The Morgan fingerprint density at radius 2 is 0.769 bits per heavy atom. The quantitative estimate of drug-likeness (QED) is 0.467. The van der Waals surface area contributed by atoms with E-state index in [1.807, 2.05) is 36.4 Å². The van der Waals surface area contributed by atoms with Crippen LogP contribution in [0.5, 0.6) is 0 Å². The van der Waals surface area contributed by atoms with Crippen LogP contribution in [0.25, 0.3) is 11.4 Å². The zero-order valence-electron chi connectivity index (χ0n) is 16.0. The number of hydrogen-bond acceptors (Lipinski definition) is 2. The van der Waals surface area contributed by atoms with E-state index in [1.165, 1.54) is 64.2 Å².